The summed E-state index contributed by atoms with van der Waals surface area (Å²) in [6.45, 7) is 1.55. The first-order valence-corrected chi connectivity index (χ1v) is 5.30. The third-order valence-corrected chi connectivity index (χ3v) is 2.98. The van der Waals surface area contributed by atoms with Crippen LogP contribution >= 0.6 is 0 Å². The molecule has 0 aromatic heterocycles. The molecule has 1 aliphatic carbocycles. The summed E-state index contributed by atoms with van der Waals surface area (Å²) >= 11 is 0. The smallest absolute Gasteiger partial charge is 0.323 e. The highest BCUT2D eigenvalue weighted by molar-refractivity contribution is 5.83. The Hall–Kier alpha value is -1.61. The Bertz CT molecular complexity index is 461. The van der Waals surface area contributed by atoms with E-state index in [0.717, 1.165) is 17.6 Å². The maximum atomic E-state index is 11.0. The van der Waals surface area contributed by atoms with Crippen molar-refractivity contribution in [1.82, 2.24) is 0 Å². The lowest BCUT2D eigenvalue weighted by Crippen LogP contribution is -2.44. The van der Waals surface area contributed by atoms with Crippen LogP contribution in [0.25, 0.3) is 5.57 Å². The number of benzene rings is 1. The Morgan fingerprint density at radius 2 is 2.19 bits per heavy atom. The molecule has 1 aromatic carbocycles. The first-order valence-electron chi connectivity index (χ1n) is 5.30. The van der Waals surface area contributed by atoms with Gasteiger partial charge < -0.3 is 10.8 Å². The molecular formula is C13H15NO2. The maximum absolute atomic E-state index is 11.0. The van der Waals surface area contributed by atoms with Gasteiger partial charge in [0.1, 0.15) is 5.54 Å². The molecule has 2 rings (SSSR count). The predicted molar refractivity (Wildman–Crippen MR) is 63.0 cm³/mol. The second-order valence-corrected chi connectivity index (χ2v) is 4.49. The van der Waals surface area contributed by atoms with Crippen LogP contribution in [0.15, 0.2) is 30.3 Å². The number of nitrogens with two attached hydrogens (primary N) is 1. The van der Waals surface area contributed by atoms with Crippen LogP contribution in [-0.2, 0) is 11.2 Å². The molecule has 1 unspecified atom stereocenters. The first-order chi connectivity index (χ1) is 7.50. The van der Waals surface area contributed by atoms with E-state index in [9.17, 15) is 4.79 Å². The van der Waals surface area contributed by atoms with Crippen LogP contribution in [0.2, 0.25) is 0 Å². The number of aliphatic carboxylic acids is 1. The first kappa shape index (κ1) is 10.9. The molecule has 3 heteroatoms. The standard InChI is InChI=1S/C13H15NO2/c1-13(14,12(15)16)8-10-7-6-9-4-2-3-5-11(9)10/h2-5,7H,6,8,14H2,1H3,(H,15,16). The fourth-order valence-electron chi connectivity index (χ4n) is 1.99. The third-order valence-electron chi connectivity index (χ3n) is 2.98. The Kier molecular flexibility index (Phi) is 2.56. The quantitative estimate of drug-likeness (QED) is 0.811. The van der Waals surface area contributed by atoms with Gasteiger partial charge in [0, 0.05) is 6.42 Å². The van der Waals surface area contributed by atoms with E-state index in [0.29, 0.717) is 6.42 Å². The average molecular weight is 217 g/mol. The highest BCUT2D eigenvalue weighted by Crippen LogP contribution is 2.32. The number of carbonyl (C=O) groups is 1. The summed E-state index contributed by atoms with van der Waals surface area (Å²) in [5.41, 5.74) is 8.00. The van der Waals surface area contributed by atoms with Gasteiger partial charge in [-0.05, 0) is 30.0 Å². The molecule has 1 aromatic rings. The van der Waals surface area contributed by atoms with Gasteiger partial charge in [-0.2, -0.15) is 0 Å². The SMILES string of the molecule is CC(N)(CC1=CCc2ccccc21)C(=O)O. The van der Waals surface area contributed by atoms with Crippen molar-refractivity contribution in [2.45, 2.75) is 25.3 Å². The summed E-state index contributed by atoms with van der Waals surface area (Å²) in [6.07, 6.45) is 3.32. The number of carboxylic acid groups (broad SMARTS) is 1. The minimum Gasteiger partial charge on any atom is -0.480 e. The summed E-state index contributed by atoms with van der Waals surface area (Å²) in [5, 5.41) is 9.00. The van der Waals surface area contributed by atoms with Crippen molar-refractivity contribution in [1.29, 1.82) is 0 Å². The van der Waals surface area contributed by atoms with Gasteiger partial charge in [-0.15, -0.1) is 0 Å². The second-order valence-electron chi connectivity index (χ2n) is 4.49. The van der Waals surface area contributed by atoms with Crippen molar-refractivity contribution < 1.29 is 9.90 Å². The molecule has 3 N–H and O–H groups in total. The predicted octanol–water partition coefficient (Wildman–Crippen LogP) is 1.82. The summed E-state index contributed by atoms with van der Waals surface area (Å²) in [5.74, 6) is -0.960. The molecule has 0 radical (unpaired) electrons. The van der Waals surface area contributed by atoms with Crippen LogP contribution < -0.4 is 5.73 Å². The molecule has 1 atom stereocenters. The lowest BCUT2D eigenvalue weighted by atomic mass is 9.91. The van der Waals surface area contributed by atoms with Gasteiger partial charge in [-0.3, -0.25) is 4.79 Å². The van der Waals surface area contributed by atoms with Crippen molar-refractivity contribution in [2.75, 3.05) is 0 Å². The molecule has 0 saturated carbocycles. The van der Waals surface area contributed by atoms with Crippen LogP contribution in [0.4, 0.5) is 0 Å². The Morgan fingerprint density at radius 1 is 1.50 bits per heavy atom. The van der Waals surface area contributed by atoms with E-state index in [2.05, 4.69) is 12.1 Å². The fourth-order valence-corrected chi connectivity index (χ4v) is 1.99. The lowest BCUT2D eigenvalue weighted by Gasteiger charge is -2.20. The third kappa shape index (κ3) is 1.86. The summed E-state index contributed by atoms with van der Waals surface area (Å²) < 4.78 is 0. The average Bonchev–Trinajstić information content (AvgIpc) is 2.61. The zero-order chi connectivity index (χ0) is 11.8. The number of rotatable bonds is 3. The molecule has 84 valence electrons. The number of carboxylic acids is 1. The van der Waals surface area contributed by atoms with Gasteiger partial charge in [0.15, 0.2) is 0 Å². The van der Waals surface area contributed by atoms with Crippen molar-refractivity contribution >= 4 is 11.5 Å². The van der Waals surface area contributed by atoms with Crippen LogP contribution in [0, 0.1) is 0 Å². The van der Waals surface area contributed by atoms with Gasteiger partial charge in [-0.25, -0.2) is 0 Å². The van der Waals surface area contributed by atoms with Crippen molar-refractivity contribution in [3.05, 3.63) is 41.5 Å². The summed E-state index contributed by atoms with van der Waals surface area (Å²) in [6, 6.07) is 8.04. The molecule has 1 aliphatic rings. The van der Waals surface area contributed by atoms with E-state index in [1.807, 2.05) is 18.2 Å². The highest BCUT2D eigenvalue weighted by Gasteiger charge is 2.30. The maximum Gasteiger partial charge on any atom is 0.323 e. The molecule has 0 spiro atoms. The van der Waals surface area contributed by atoms with Gasteiger partial charge in [0.2, 0.25) is 0 Å². The molecule has 3 nitrogen and oxygen atoms in total. The zero-order valence-electron chi connectivity index (χ0n) is 9.23. The molecule has 0 saturated heterocycles. The summed E-state index contributed by atoms with van der Waals surface area (Å²) in [4.78, 5) is 11.0. The largest absolute Gasteiger partial charge is 0.480 e. The Labute approximate surface area is 94.6 Å². The van der Waals surface area contributed by atoms with E-state index in [4.69, 9.17) is 10.8 Å². The van der Waals surface area contributed by atoms with Gasteiger partial charge in [0.25, 0.3) is 0 Å². The fraction of sp³-hybridized carbons (Fsp3) is 0.308. The number of hydrogen-bond acceptors (Lipinski definition) is 2. The number of fused-ring (bicyclic) bond motifs is 1. The van der Waals surface area contributed by atoms with Crippen LogP contribution in [0.3, 0.4) is 0 Å². The van der Waals surface area contributed by atoms with E-state index < -0.39 is 11.5 Å². The van der Waals surface area contributed by atoms with Crippen LogP contribution in [0.5, 0.6) is 0 Å². The topological polar surface area (TPSA) is 63.3 Å². The van der Waals surface area contributed by atoms with Crippen molar-refractivity contribution in [3.63, 3.8) is 0 Å². The Balaban J connectivity index is 2.24. The summed E-state index contributed by atoms with van der Waals surface area (Å²) in [7, 11) is 0. The highest BCUT2D eigenvalue weighted by atomic mass is 16.4. The van der Waals surface area contributed by atoms with E-state index in [-0.39, 0.29) is 0 Å². The van der Waals surface area contributed by atoms with Crippen LogP contribution in [-0.4, -0.2) is 16.6 Å². The molecule has 0 aliphatic heterocycles. The van der Waals surface area contributed by atoms with E-state index >= 15 is 0 Å². The van der Waals surface area contributed by atoms with Crippen molar-refractivity contribution in [3.8, 4) is 0 Å². The molecule has 16 heavy (non-hydrogen) atoms. The van der Waals surface area contributed by atoms with Crippen molar-refractivity contribution in [2.24, 2.45) is 5.73 Å². The lowest BCUT2D eigenvalue weighted by molar-refractivity contribution is -0.142. The molecule has 0 heterocycles. The molecule has 0 amide bonds. The van der Waals surface area contributed by atoms with E-state index in [1.54, 1.807) is 6.92 Å². The molecular weight excluding hydrogens is 202 g/mol. The van der Waals surface area contributed by atoms with Crippen LogP contribution in [0.1, 0.15) is 24.5 Å². The number of hydrogen-bond donors (Lipinski definition) is 2. The van der Waals surface area contributed by atoms with Gasteiger partial charge in [-0.1, -0.05) is 30.3 Å². The minimum absolute atomic E-state index is 0.374. The van der Waals surface area contributed by atoms with E-state index in [1.165, 1.54) is 5.56 Å². The Morgan fingerprint density at radius 3 is 2.88 bits per heavy atom. The second kappa shape index (κ2) is 3.76. The molecule has 0 bridgehead atoms. The van der Waals surface area contributed by atoms with Gasteiger partial charge >= 0.3 is 5.97 Å². The van der Waals surface area contributed by atoms with Gasteiger partial charge in [0.05, 0.1) is 0 Å². The zero-order valence-corrected chi connectivity index (χ0v) is 9.23. The monoisotopic (exact) mass is 217 g/mol. The normalized spacial score (nSPS) is 17.5. The minimum atomic E-state index is -1.19. The number of allylic oxidation sites excluding steroid dienone is 1. The molecule has 0 fully saturated rings.